The van der Waals surface area contributed by atoms with Crippen molar-refractivity contribution in [2.75, 3.05) is 6.54 Å². The lowest BCUT2D eigenvalue weighted by atomic mass is 9.95. The van der Waals surface area contributed by atoms with Gasteiger partial charge in [-0.05, 0) is 44.2 Å². The molecule has 1 aliphatic carbocycles. The number of hydrogen-bond donors (Lipinski definition) is 1. The van der Waals surface area contributed by atoms with E-state index in [0.717, 1.165) is 24.4 Å². The Bertz CT molecular complexity index is 696. The minimum atomic E-state index is -0.115. The smallest absolute Gasteiger partial charge is 0.224 e. The number of fused-ring (bicyclic) bond motifs is 1. The van der Waals surface area contributed by atoms with Crippen molar-refractivity contribution >= 4 is 5.91 Å². The van der Waals surface area contributed by atoms with Gasteiger partial charge in [0.1, 0.15) is 5.82 Å². The maximum Gasteiger partial charge on any atom is 0.224 e. The highest BCUT2D eigenvalue weighted by Crippen LogP contribution is 2.21. The number of carbonyl (C=O) groups excluding carboxylic acids is 1. The molecule has 24 heavy (non-hydrogen) atoms. The van der Waals surface area contributed by atoms with Gasteiger partial charge < -0.3 is 5.32 Å². The topological polar surface area (TPSA) is 72.7 Å². The fourth-order valence-electron chi connectivity index (χ4n) is 3.20. The van der Waals surface area contributed by atoms with Crippen molar-refractivity contribution < 1.29 is 4.79 Å². The molecule has 0 spiro atoms. The second-order valence-corrected chi connectivity index (χ2v) is 6.53. The van der Waals surface area contributed by atoms with Gasteiger partial charge >= 0.3 is 0 Å². The third-order valence-electron chi connectivity index (χ3n) is 4.55. The molecule has 0 bridgehead atoms. The van der Waals surface area contributed by atoms with Gasteiger partial charge in [-0.1, -0.05) is 6.92 Å². The minimum Gasteiger partial charge on any atom is -0.355 e. The third-order valence-corrected chi connectivity index (χ3v) is 4.55. The number of nitrogens with zero attached hydrogens (tertiary/aromatic N) is 4. The zero-order valence-corrected chi connectivity index (χ0v) is 14.5. The molecule has 2 aromatic heterocycles. The maximum absolute atomic E-state index is 12.2. The molecule has 1 amide bonds. The van der Waals surface area contributed by atoms with E-state index in [1.54, 1.807) is 10.9 Å². The van der Waals surface area contributed by atoms with Crippen molar-refractivity contribution in [3.8, 4) is 0 Å². The average molecular weight is 327 g/mol. The first-order valence-corrected chi connectivity index (χ1v) is 8.74. The molecule has 0 radical (unpaired) electrons. The number of carbonyl (C=O) groups is 1. The molecule has 3 rings (SSSR count). The molecule has 6 nitrogen and oxygen atoms in total. The fourth-order valence-corrected chi connectivity index (χ4v) is 3.20. The molecule has 2 heterocycles. The SMILES string of the molecule is Cc1nc(CCNC(=O)C(C)Cn2cccn2)nc2c1CCCC2. The Hall–Kier alpha value is -2.24. The Morgan fingerprint density at radius 3 is 2.96 bits per heavy atom. The van der Waals surface area contributed by atoms with Crippen molar-refractivity contribution in [1.82, 2.24) is 25.1 Å². The van der Waals surface area contributed by atoms with Crippen LogP contribution in [0, 0.1) is 12.8 Å². The molecule has 6 heteroatoms. The predicted octanol–water partition coefficient (Wildman–Crippen LogP) is 1.86. The Kier molecular flexibility index (Phi) is 5.23. The molecule has 128 valence electrons. The standard InChI is InChI=1S/C18H25N5O/c1-13(12-23-11-5-9-20-23)18(24)19-10-8-17-21-14(2)15-6-3-4-7-16(15)22-17/h5,9,11,13H,3-4,6-8,10,12H2,1-2H3,(H,19,24). The molecule has 1 unspecified atom stereocenters. The van der Waals surface area contributed by atoms with Gasteiger partial charge in [0.2, 0.25) is 5.91 Å². The summed E-state index contributed by atoms with van der Waals surface area (Å²) >= 11 is 0. The van der Waals surface area contributed by atoms with Gasteiger partial charge in [-0.25, -0.2) is 9.97 Å². The Morgan fingerprint density at radius 2 is 2.17 bits per heavy atom. The molecule has 0 saturated heterocycles. The van der Waals surface area contributed by atoms with Gasteiger partial charge in [0.05, 0.1) is 12.5 Å². The lowest BCUT2D eigenvalue weighted by molar-refractivity contribution is -0.124. The van der Waals surface area contributed by atoms with Gasteiger partial charge in [-0.2, -0.15) is 5.10 Å². The summed E-state index contributed by atoms with van der Waals surface area (Å²) in [5, 5.41) is 7.12. The van der Waals surface area contributed by atoms with E-state index in [0.29, 0.717) is 19.5 Å². The first-order valence-electron chi connectivity index (χ1n) is 8.74. The average Bonchev–Trinajstić information content (AvgIpc) is 3.08. The van der Waals surface area contributed by atoms with Crippen molar-refractivity contribution in [2.24, 2.45) is 5.92 Å². The van der Waals surface area contributed by atoms with Crippen LogP contribution in [-0.4, -0.2) is 32.2 Å². The van der Waals surface area contributed by atoms with Gasteiger partial charge in [-0.15, -0.1) is 0 Å². The Balaban J connectivity index is 1.51. The van der Waals surface area contributed by atoms with Crippen molar-refractivity contribution in [3.63, 3.8) is 0 Å². The molecule has 2 aromatic rings. The maximum atomic E-state index is 12.2. The second kappa shape index (κ2) is 7.55. The molecular formula is C18H25N5O. The van der Waals surface area contributed by atoms with Crippen molar-refractivity contribution in [1.29, 1.82) is 0 Å². The molecule has 0 fully saturated rings. The first kappa shape index (κ1) is 16.6. The number of aromatic nitrogens is 4. The Morgan fingerprint density at radius 1 is 1.33 bits per heavy atom. The third kappa shape index (κ3) is 3.99. The summed E-state index contributed by atoms with van der Waals surface area (Å²) in [6.07, 6.45) is 8.87. The zero-order valence-electron chi connectivity index (χ0n) is 14.5. The lowest BCUT2D eigenvalue weighted by Crippen LogP contribution is -2.33. The summed E-state index contributed by atoms with van der Waals surface area (Å²) in [5.41, 5.74) is 3.65. The molecule has 0 aromatic carbocycles. The highest BCUT2D eigenvalue weighted by atomic mass is 16.1. The number of aryl methyl sites for hydroxylation is 2. The van der Waals surface area contributed by atoms with Crippen LogP contribution in [0.3, 0.4) is 0 Å². The number of rotatable bonds is 6. The van der Waals surface area contributed by atoms with Crippen LogP contribution in [0.2, 0.25) is 0 Å². The van der Waals surface area contributed by atoms with Gasteiger partial charge in [0.25, 0.3) is 0 Å². The van der Waals surface area contributed by atoms with Crippen LogP contribution in [0.25, 0.3) is 0 Å². The quantitative estimate of drug-likeness (QED) is 0.879. The van der Waals surface area contributed by atoms with Crippen LogP contribution >= 0.6 is 0 Å². The van der Waals surface area contributed by atoms with Gasteiger partial charge in [-0.3, -0.25) is 9.48 Å². The number of nitrogens with one attached hydrogen (secondary N) is 1. The van der Waals surface area contributed by atoms with Crippen molar-refractivity contribution in [2.45, 2.75) is 52.5 Å². The molecular weight excluding hydrogens is 302 g/mol. The summed E-state index contributed by atoms with van der Waals surface area (Å²) in [4.78, 5) is 21.5. The summed E-state index contributed by atoms with van der Waals surface area (Å²) in [7, 11) is 0. The van der Waals surface area contributed by atoms with Crippen LogP contribution < -0.4 is 5.32 Å². The van der Waals surface area contributed by atoms with Crippen molar-refractivity contribution in [3.05, 3.63) is 41.2 Å². The normalized spacial score (nSPS) is 14.9. The van der Waals surface area contributed by atoms with Crippen LogP contribution in [0.5, 0.6) is 0 Å². The van der Waals surface area contributed by atoms with E-state index in [-0.39, 0.29) is 11.8 Å². The van der Waals surface area contributed by atoms with E-state index in [1.807, 2.05) is 19.2 Å². The van der Waals surface area contributed by atoms with E-state index >= 15 is 0 Å². The fraction of sp³-hybridized carbons (Fsp3) is 0.556. The first-order chi connectivity index (χ1) is 11.6. The summed E-state index contributed by atoms with van der Waals surface area (Å²) in [6, 6.07) is 1.86. The lowest BCUT2D eigenvalue weighted by Gasteiger charge is -2.17. The number of hydrogen-bond acceptors (Lipinski definition) is 4. The predicted molar refractivity (Wildman–Crippen MR) is 91.5 cm³/mol. The molecule has 0 saturated carbocycles. The highest BCUT2D eigenvalue weighted by Gasteiger charge is 2.16. The molecule has 1 aliphatic rings. The summed E-state index contributed by atoms with van der Waals surface area (Å²) in [5.74, 6) is 0.768. The second-order valence-electron chi connectivity index (χ2n) is 6.53. The van der Waals surface area contributed by atoms with Crippen LogP contribution in [0.15, 0.2) is 18.5 Å². The summed E-state index contributed by atoms with van der Waals surface area (Å²) in [6.45, 7) is 5.14. The van der Waals surface area contributed by atoms with Crippen LogP contribution in [-0.2, 0) is 30.6 Å². The van der Waals surface area contributed by atoms with Crippen LogP contribution in [0.4, 0.5) is 0 Å². The Labute approximate surface area is 142 Å². The largest absolute Gasteiger partial charge is 0.355 e. The number of amides is 1. The monoisotopic (exact) mass is 327 g/mol. The van der Waals surface area contributed by atoms with E-state index in [4.69, 9.17) is 4.98 Å². The van der Waals surface area contributed by atoms with Gasteiger partial charge in [0.15, 0.2) is 0 Å². The van der Waals surface area contributed by atoms with E-state index in [2.05, 4.69) is 22.3 Å². The summed E-state index contributed by atoms with van der Waals surface area (Å²) < 4.78 is 1.78. The van der Waals surface area contributed by atoms with Crippen LogP contribution in [0.1, 0.15) is 42.5 Å². The zero-order chi connectivity index (χ0) is 16.9. The highest BCUT2D eigenvalue weighted by molar-refractivity contribution is 5.78. The molecule has 0 aliphatic heterocycles. The van der Waals surface area contributed by atoms with E-state index < -0.39 is 0 Å². The molecule has 1 N–H and O–H groups in total. The molecule has 1 atom stereocenters. The minimum absolute atomic E-state index is 0.0418. The van der Waals surface area contributed by atoms with Gasteiger partial charge in [0, 0.05) is 36.7 Å². The van der Waals surface area contributed by atoms with E-state index in [1.165, 1.54) is 24.1 Å². The van der Waals surface area contributed by atoms with E-state index in [9.17, 15) is 4.79 Å².